The third-order valence-corrected chi connectivity index (χ3v) is 5.29. The van der Waals surface area contributed by atoms with E-state index in [1.807, 2.05) is 12.1 Å². The van der Waals surface area contributed by atoms with E-state index in [4.69, 9.17) is 9.15 Å². The molecule has 0 saturated carbocycles. The summed E-state index contributed by atoms with van der Waals surface area (Å²) in [6, 6.07) is 12.3. The second-order valence-corrected chi connectivity index (χ2v) is 6.79. The minimum Gasteiger partial charge on any atom is -0.493 e. The molecular formula is C19H23NO3. The number of ether oxygens (including phenoxy) is 1. The zero-order valence-corrected chi connectivity index (χ0v) is 13.5. The number of benzene rings is 1. The van der Waals surface area contributed by atoms with Crippen LogP contribution < -0.4 is 4.74 Å². The molecule has 1 aromatic heterocycles. The fraction of sp³-hybridized carbons (Fsp3) is 0.474. The number of para-hydroxylation sites is 1. The Morgan fingerprint density at radius 2 is 2.04 bits per heavy atom. The van der Waals surface area contributed by atoms with Crippen LogP contribution in [0.15, 0.2) is 40.8 Å². The molecule has 1 aromatic carbocycles. The fourth-order valence-corrected chi connectivity index (χ4v) is 4.01. The maximum Gasteiger partial charge on any atom is 0.122 e. The summed E-state index contributed by atoms with van der Waals surface area (Å²) in [6.07, 6.45) is 0.921. The van der Waals surface area contributed by atoms with Crippen molar-refractivity contribution in [1.29, 1.82) is 0 Å². The van der Waals surface area contributed by atoms with Crippen molar-refractivity contribution in [1.82, 2.24) is 4.90 Å². The molecule has 2 aliphatic heterocycles. The van der Waals surface area contributed by atoms with Gasteiger partial charge in [-0.05, 0) is 23.8 Å². The van der Waals surface area contributed by atoms with Crippen molar-refractivity contribution in [3.63, 3.8) is 0 Å². The van der Waals surface area contributed by atoms with Gasteiger partial charge in [-0.2, -0.15) is 0 Å². The smallest absolute Gasteiger partial charge is 0.122 e. The van der Waals surface area contributed by atoms with Gasteiger partial charge in [-0.1, -0.05) is 25.1 Å². The Balaban J connectivity index is 1.58. The van der Waals surface area contributed by atoms with Crippen molar-refractivity contribution in [2.75, 3.05) is 26.3 Å². The third-order valence-electron chi connectivity index (χ3n) is 5.29. The number of rotatable bonds is 4. The van der Waals surface area contributed by atoms with Crippen LogP contribution in [0.1, 0.15) is 29.9 Å². The summed E-state index contributed by atoms with van der Waals surface area (Å²) < 4.78 is 11.8. The van der Waals surface area contributed by atoms with Gasteiger partial charge in [0.1, 0.15) is 17.3 Å². The predicted molar refractivity (Wildman–Crippen MR) is 87.6 cm³/mol. The van der Waals surface area contributed by atoms with Gasteiger partial charge in [0.25, 0.3) is 0 Å². The summed E-state index contributed by atoms with van der Waals surface area (Å²) in [5.74, 6) is 3.32. The van der Waals surface area contributed by atoms with E-state index >= 15 is 0 Å². The van der Waals surface area contributed by atoms with Crippen LogP contribution in [0.2, 0.25) is 0 Å². The van der Waals surface area contributed by atoms with Crippen molar-refractivity contribution in [2.24, 2.45) is 5.41 Å². The Labute approximate surface area is 136 Å². The fourth-order valence-electron chi connectivity index (χ4n) is 4.01. The molecule has 4 heteroatoms. The van der Waals surface area contributed by atoms with E-state index in [-0.39, 0.29) is 12.0 Å². The highest BCUT2D eigenvalue weighted by Gasteiger charge is 2.50. The number of aliphatic hydroxyl groups excluding tert-OH is 1. The lowest BCUT2D eigenvalue weighted by Crippen LogP contribution is -2.42. The molecule has 1 fully saturated rings. The van der Waals surface area contributed by atoms with Crippen LogP contribution >= 0.6 is 0 Å². The van der Waals surface area contributed by atoms with E-state index in [0.29, 0.717) is 12.5 Å². The molecule has 4 rings (SSSR count). The first-order valence-electron chi connectivity index (χ1n) is 8.36. The summed E-state index contributed by atoms with van der Waals surface area (Å²) in [5, 5.41) is 10.1. The van der Waals surface area contributed by atoms with E-state index in [1.54, 1.807) is 0 Å². The number of furan rings is 1. The molecule has 3 heterocycles. The minimum atomic E-state index is -0.200. The normalized spacial score (nSPS) is 26.6. The van der Waals surface area contributed by atoms with Crippen molar-refractivity contribution in [2.45, 2.75) is 25.8 Å². The second kappa shape index (κ2) is 5.69. The summed E-state index contributed by atoms with van der Waals surface area (Å²) in [7, 11) is 0. The lowest BCUT2D eigenvalue weighted by Gasteiger charge is -2.38. The standard InChI is InChI=1S/C19H23NO3/c1-2-14-7-8-15(23-14)9-20-10-17-16-5-3-4-6-18(16)22-13-19(17,11-20)12-21/h3-8,17,21H,2,9-13H2,1H3/t17-,19-/m1/s1. The lowest BCUT2D eigenvalue weighted by molar-refractivity contribution is 0.0453. The Hall–Kier alpha value is -1.78. The molecule has 4 nitrogen and oxygen atoms in total. The van der Waals surface area contributed by atoms with Crippen LogP contribution in [0.5, 0.6) is 5.75 Å². The Bertz CT molecular complexity index is 695. The first kappa shape index (κ1) is 14.8. The average Bonchev–Trinajstić information content (AvgIpc) is 3.19. The van der Waals surface area contributed by atoms with Crippen molar-refractivity contribution in [3.05, 3.63) is 53.5 Å². The zero-order valence-electron chi connectivity index (χ0n) is 13.5. The average molecular weight is 313 g/mol. The van der Waals surface area contributed by atoms with Gasteiger partial charge in [0.05, 0.1) is 19.8 Å². The second-order valence-electron chi connectivity index (χ2n) is 6.79. The van der Waals surface area contributed by atoms with Gasteiger partial charge in [-0.15, -0.1) is 0 Å². The number of fused-ring (bicyclic) bond motifs is 3. The topological polar surface area (TPSA) is 45.8 Å². The van der Waals surface area contributed by atoms with Crippen LogP contribution in [0, 0.1) is 5.41 Å². The molecule has 1 saturated heterocycles. The van der Waals surface area contributed by atoms with Gasteiger partial charge in [0, 0.05) is 30.8 Å². The van der Waals surface area contributed by atoms with Crippen molar-refractivity contribution < 1.29 is 14.3 Å². The number of likely N-dealkylation sites (tertiary alicyclic amines) is 1. The molecule has 0 unspecified atom stereocenters. The molecule has 122 valence electrons. The molecule has 2 aromatic rings. The molecule has 0 amide bonds. The first-order valence-corrected chi connectivity index (χ1v) is 8.36. The minimum absolute atomic E-state index is 0.154. The van der Waals surface area contributed by atoms with E-state index in [9.17, 15) is 5.11 Å². The highest BCUT2D eigenvalue weighted by molar-refractivity contribution is 5.41. The largest absolute Gasteiger partial charge is 0.493 e. The number of aryl methyl sites for hydroxylation is 1. The van der Waals surface area contributed by atoms with Gasteiger partial charge >= 0.3 is 0 Å². The SMILES string of the molecule is CCc1ccc(CN2C[C@@H]3c4ccccc4OC[C@]3(CO)C2)o1. The number of hydrogen-bond acceptors (Lipinski definition) is 4. The maximum atomic E-state index is 10.1. The van der Waals surface area contributed by atoms with Gasteiger partial charge < -0.3 is 14.3 Å². The van der Waals surface area contributed by atoms with Crippen LogP contribution in [-0.4, -0.2) is 36.3 Å². The highest BCUT2D eigenvalue weighted by Crippen LogP contribution is 2.49. The molecule has 1 N–H and O–H groups in total. The number of nitrogens with zero attached hydrogens (tertiary/aromatic N) is 1. The van der Waals surface area contributed by atoms with Crippen LogP contribution in [0.25, 0.3) is 0 Å². The molecular weight excluding hydrogens is 290 g/mol. The third kappa shape index (κ3) is 2.46. The first-order chi connectivity index (χ1) is 11.2. The zero-order chi connectivity index (χ0) is 15.9. The monoisotopic (exact) mass is 313 g/mol. The van der Waals surface area contributed by atoms with E-state index in [2.05, 4.69) is 36.1 Å². The van der Waals surface area contributed by atoms with E-state index in [1.165, 1.54) is 5.56 Å². The molecule has 0 spiro atoms. The number of aliphatic hydroxyl groups is 1. The quantitative estimate of drug-likeness (QED) is 0.943. The van der Waals surface area contributed by atoms with Gasteiger partial charge in [-0.3, -0.25) is 4.90 Å². The Morgan fingerprint density at radius 3 is 2.83 bits per heavy atom. The maximum absolute atomic E-state index is 10.1. The predicted octanol–water partition coefficient (Wildman–Crippen LogP) is 2.81. The molecule has 23 heavy (non-hydrogen) atoms. The molecule has 2 aliphatic rings. The summed E-state index contributed by atoms with van der Waals surface area (Å²) >= 11 is 0. The summed E-state index contributed by atoms with van der Waals surface area (Å²) in [5.41, 5.74) is 1.03. The lowest BCUT2D eigenvalue weighted by atomic mass is 9.74. The van der Waals surface area contributed by atoms with Crippen LogP contribution in [0.3, 0.4) is 0 Å². The van der Waals surface area contributed by atoms with Crippen molar-refractivity contribution in [3.8, 4) is 5.75 Å². The number of hydrogen-bond donors (Lipinski definition) is 1. The van der Waals surface area contributed by atoms with Gasteiger partial charge in [0.2, 0.25) is 0 Å². The molecule has 0 radical (unpaired) electrons. The van der Waals surface area contributed by atoms with Crippen LogP contribution in [0.4, 0.5) is 0 Å². The van der Waals surface area contributed by atoms with E-state index in [0.717, 1.165) is 43.3 Å². The van der Waals surface area contributed by atoms with Crippen molar-refractivity contribution >= 4 is 0 Å². The summed E-state index contributed by atoms with van der Waals surface area (Å²) in [6.45, 7) is 5.40. The molecule has 0 bridgehead atoms. The summed E-state index contributed by atoms with van der Waals surface area (Å²) in [4.78, 5) is 2.38. The van der Waals surface area contributed by atoms with Crippen LogP contribution in [-0.2, 0) is 13.0 Å². The molecule has 0 aliphatic carbocycles. The Kier molecular flexibility index (Phi) is 3.66. The molecule has 2 atom stereocenters. The van der Waals surface area contributed by atoms with Gasteiger partial charge in [-0.25, -0.2) is 0 Å². The highest BCUT2D eigenvalue weighted by atomic mass is 16.5. The Morgan fingerprint density at radius 1 is 1.22 bits per heavy atom. The van der Waals surface area contributed by atoms with Gasteiger partial charge in [0.15, 0.2) is 0 Å². The van der Waals surface area contributed by atoms with E-state index < -0.39 is 0 Å².